The van der Waals surface area contributed by atoms with Crippen molar-refractivity contribution in [3.05, 3.63) is 29.3 Å². The molecule has 2 amide bonds. The number of rotatable bonds is 1. The van der Waals surface area contributed by atoms with Gasteiger partial charge in [-0.2, -0.15) is 0 Å². The van der Waals surface area contributed by atoms with Crippen LogP contribution in [-0.2, 0) is 16.0 Å². The fraction of sp³-hybridized carbons (Fsp3) is 0.550. The van der Waals surface area contributed by atoms with E-state index in [1.54, 1.807) is 20.8 Å². The van der Waals surface area contributed by atoms with E-state index >= 15 is 0 Å². The smallest absolute Gasteiger partial charge is 0.405 e. The third kappa shape index (κ3) is 7.38. The second kappa shape index (κ2) is 10.1. The highest BCUT2D eigenvalue weighted by atomic mass is 16.6. The van der Waals surface area contributed by atoms with Gasteiger partial charge in [-0.25, -0.2) is 4.79 Å². The molecule has 1 aromatic carbocycles. The zero-order valence-corrected chi connectivity index (χ0v) is 16.7. The average molecular weight is 377 g/mol. The number of carbonyl (C=O) groups excluding carboxylic acids is 3. The average Bonchev–Trinajstić information content (AvgIpc) is 3.12. The number of ketones is 1. The summed E-state index contributed by atoms with van der Waals surface area (Å²) < 4.78 is 4.58. The van der Waals surface area contributed by atoms with Gasteiger partial charge in [0.05, 0.1) is 0 Å². The topological polar surface area (TPSA) is 116 Å². The minimum absolute atomic E-state index is 0.198. The van der Waals surface area contributed by atoms with Gasteiger partial charge in [-0.15, -0.1) is 0 Å². The SMILES string of the molecule is CC(C)(C)OC(N)=O.CCN.O=C1CCc2cc(N3CCCC3=O)ccc21. The van der Waals surface area contributed by atoms with Gasteiger partial charge in [-0.1, -0.05) is 6.92 Å². The van der Waals surface area contributed by atoms with Crippen LogP contribution in [0.4, 0.5) is 10.5 Å². The van der Waals surface area contributed by atoms with E-state index in [2.05, 4.69) is 4.74 Å². The Morgan fingerprint density at radius 3 is 2.26 bits per heavy atom. The largest absolute Gasteiger partial charge is 0.444 e. The van der Waals surface area contributed by atoms with Crippen LogP contribution >= 0.6 is 0 Å². The van der Waals surface area contributed by atoms with Crippen LogP contribution in [0, 0.1) is 0 Å². The van der Waals surface area contributed by atoms with Gasteiger partial charge in [0.15, 0.2) is 5.78 Å². The number of nitrogens with two attached hydrogens (primary N) is 2. The third-order valence-corrected chi connectivity index (χ3v) is 3.80. The number of hydrogen-bond donors (Lipinski definition) is 2. The Bertz CT molecular complexity index is 680. The molecule has 4 N–H and O–H groups in total. The molecule has 0 atom stereocenters. The monoisotopic (exact) mass is 377 g/mol. The lowest BCUT2D eigenvalue weighted by atomic mass is 10.1. The fourth-order valence-corrected chi connectivity index (χ4v) is 2.83. The summed E-state index contributed by atoms with van der Waals surface area (Å²) >= 11 is 0. The van der Waals surface area contributed by atoms with Crippen molar-refractivity contribution in [2.45, 2.75) is 59.0 Å². The summed E-state index contributed by atoms with van der Waals surface area (Å²) in [6.45, 7) is 8.75. The molecule has 150 valence electrons. The van der Waals surface area contributed by atoms with Gasteiger partial charge in [0.25, 0.3) is 0 Å². The molecule has 1 aliphatic carbocycles. The van der Waals surface area contributed by atoms with Crippen LogP contribution in [0.1, 0.15) is 62.9 Å². The number of anilines is 1. The highest BCUT2D eigenvalue weighted by molar-refractivity contribution is 6.02. The maximum absolute atomic E-state index is 11.6. The van der Waals surface area contributed by atoms with E-state index in [0.717, 1.165) is 42.7 Å². The van der Waals surface area contributed by atoms with Crippen molar-refractivity contribution in [2.75, 3.05) is 18.0 Å². The zero-order chi connectivity index (χ0) is 20.6. The lowest BCUT2D eigenvalue weighted by Gasteiger charge is -2.16. The molecule has 27 heavy (non-hydrogen) atoms. The van der Waals surface area contributed by atoms with Crippen LogP contribution in [0.5, 0.6) is 0 Å². The van der Waals surface area contributed by atoms with Crippen LogP contribution in [0.3, 0.4) is 0 Å². The summed E-state index contributed by atoms with van der Waals surface area (Å²) in [7, 11) is 0. The Morgan fingerprint density at radius 2 is 1.81 bits per heavy atom. The van der Waals surface area contributed by atoms with E-state index in [9.17, 15) is 14.4 Å². The first kappa shape index (κ1) is 22.6. The molecule has 1 aromatic rings. The number of ether oxygens (including phenoxy) is 1. The number of carbonyl (C=O) groups is 3. The van der Waals surface area contributed by atoms with Crippen molar-refractivity contribution in [3.63, 3.8) is 0 Å². The van der Waals surface area contributed by atoms with Gasteiger partial charge in [0.1, 0.15) is 5.60 Å². The molecule has 7 nitrogen and oxygen atoms in total. The summed E-state index contributed by atoms with van der Waals surface area (Å²) in [5.74, 6) is 0.429. The van der Waals surface area contributed by atoms with E-state index in [1.807, 2.05) is 30.0 Å². The minimum atomic E-state index is -0.725. The van der Waals surface area contributed by atoms with Gasteiger partial charge in [0.2, 0.25) is 5.91 Å². The Balaban J connectivity index is 0.000000282. The summed E-state index contributed by atoms with van der Waals surface area (Å²) in [5, 5.41) is 0. The number of benzene rings is 1. The predicted octanol–water partition coefficient (Wildman–Crippen LogP) is 2.79. The van der Waals surface area contributed by atoms with Gasteiger partial charge in [-0.3, -0.25) is 9.59 Å². The van der Waals surface area contributed by atoms with Crippen molar-refractivity contribution in [3.8, 4) is 0 Å². The number of nitrogens with zero attached hydrogens (tertiary/aromatic N) is 1. The van der Waals surface area contributed by atoms with Crippen LogP contribution in [0.2, 0.25) is 0 Å². The van der Waals surface area contributed by atoms with Crippen LogP contribution < -0.4 is 16.4 Å². The molecule has 0 radical (unpaired) electrons. The Morgan fingerprint density at radius 1 is 1.19 bits per heavy atom. The molecule has 0 bridgehead atoms. The molecule has 2 aliphatic rings. The first-order valence-corrected chi connectivity index (χ1v) is 9.24. The maximum Gasteiger partial charge on any atom is 0.405 e. The first-order chi connectivity index (χ1) is 12.6. The molecule has 0 saturated carbocycles. The van der Waals surface area contributed by atoms with E-state index in [-0.39, 0.29) is 11.7 Å². The maximum atomic E-state index is 11.6. The molecule has 3 rings (SSSR count). The number of Topliss-reactive ketones (excluding diaryl/α,β-unsaturated/α-hetero) is 1. The van der Waals surface area contributed by atoms with E-state index < -0.39 is 11.7 Å². The van der Waals surface area contributed by atoms with E-state index in [1.165, 1.54) is 0 Å². The molecule has 7 heteroatoms. The van der Waals surface area contributed by atoms with E-state index in [4.69, 9.17) is 11.5 Å². The number of amides is 2. The summed E-state index contributed by atoms with van der Waals surface area (Å²) in [5.41, 5.74) is 12.0. The van der Waals surface area contributed by atoms with E-state index in [0.29, 0.717) is 12.8 Å². The molecule has 1 fully saturated rings. The molecule has 1 heterocycles. The number of aryl methyl sites for hydroxylation is 1. The summed E-state index contributed by atoms with van der Waals surface area (Å²) in [4.78, 5) is 34.9. The highest BCUT2D eigenvalue weighted by Crippen LogP contribution is 2.28. The molecule has 0 unspecified atom stereocenters. The van der Waals surface area contributed by atoms with Crippen LogP contribution in [-0.4, -0.2) is 36.5 Å². The zero-order valence-electron chi connectivity index (χ0n) is 16.7. The van der Waals surface area contributed by atoms with Gasteiger partial charge < -0.3 is 21.1 Å². The fourth-order valence-electron chi connectivity index (χ4n) is 2.83. The van der Waals surface area contributed by atoms with Crippen molar-refractivity contribution >= 4 is 23.5 Å². The van der Waals surface area contributed by atoms with Gasteiger partial charge in [-0.05, 0) is 63.9 Å². The van der Waals surface area contributed by atoms with Crippen molar-refractivity contribution in [1.82, 2.24) is 0 Å². The molecule has 1 aliphatic heterocycles. The lowest BCUT2D eigenvalue weighted by molar-refractivity contribution is -0.117. The third-order valence-electron chi connectivity index (χ3n) is 3.80. The molecular formula is C20H31N3O4. The van der Waals surface area contributed by atoms with Crippen LogP contribution in [0.15, 0.2) is 18.2 Å². The molecular weight excluding hydrogens is 346 g/mol. The second-order valence-corrected chi connectivity index (χ2v) is 7.36. The Kier molecular flexibility index (Phi) is 8.43. The molecule has 0 spiro atoms. The standard InChI is InChI=1S/C13H13NO2.C5H11NO2.C2H7N/c15-12-6-3-9-8-10(4-5-11(9)12)14-7-1-2-13(14)16;1-5(2,3)8-4(6)7;1-2-3/h4-5,8H,1-3,6-7H2;1-3H3,(H2,6,7);2-3H2,1H3. The Hall–Kier alpha value is -2.41. The Labute approximate surface area is 161 Å². The summed E-state index contributed by atoms with van der Waals surface area (Å²) in [6, 6.07) is 5.76. The predicted molar refractivity (Wildman–Crippen MR) is 106 cm³/mol. The molecule has 1 saturated heterocycles. The lowest BCUT2D eigenvalue weighted by Crippen LogP contribution is -2.27. The van der Waals surface area contributed by atoms with Gasteiger partial charge in [0, 0.05) is 30.6 Å². The number of primary amides is 1. The number of fused-ring (bicyclic) bond motifs is 1. The van der Waals surface area contributed by atoms with Gasteiger partial charge >= 0.3 is 6.09 Å². The molecule has 0 aromatic heterocycles. The number of hydrogen-bond acceptors (Lipinski definition) is 5. The van der Waals surface area contributed by atoms with Crippen molar-refractivity contribution in [1.29, 1.82) is 0 Å². The van der Waals surface area contributed by atoms with Crippen molar-refractivity contribution in [2.24, 2.45) is 11.5 Å². The second-order valence-electron chi connectivity index (χ2n) is 7.36. The normalized spacial score (nSPS) is 15.4. The quantitative estimate of drug-likeness (QED) is 0.781. The van der Waals surface area contributed by atoms with Crippen LogP contribution in [0.25, 0.3) is 0 Å². The highest BCUT2D eigenvalue weighted by Gasteiger charge is 2.25. The minimum Gasteiger partial charge on any atom is -0.444 e. The summed E-state index contributed by atoms with van der Waals surface area (Å²) in [6.07, 6.45) is 2.30. The first-order valence-electron chi connectivity index (χ1n) is 9.24. The van der Waals surface area contributed by atoms with Crippen molar-refractivity contribution < 1.29 is 19.1 Å².